The molecule has 0 radical (unpaired) electrons. The van der Waals surface area contributed by atoms with Gasteiger partial charge in [-0.1, -0.05) is 30.3 Å². The quantitative estimate of drug-likeness (QED) is 0.632. The minimum atomic E-state index is -3.90. The highest BCUT2D eigenvalue weighted by atomic mass is 32.2. The van der Waals surface area contributed by atoms with Crippen LogP contribution >= 0.6 is 0 Å². The van der Waals surface area contributed by atoms with Crippen LogP contribution in [0.15, 0.2) is 71.6 Å². The third kappa shape index (κ3) is 4.75. The van der Waals surface area contributed by atoms with Gasteiger partial charge in [0, 0.05) is 11.3 Å². The molecule has 0 bridgehead atoms. The molecule has 0 saturated heterocycles. The Hall–Kier alpha value is -3.32. The Labute approximate surface area is 170 Å². The number of rotatable bonds is 6. The maximum absolute atomic E-state index is 12.8. The Morgan fingerprint density at radius 1 is 0.897 bits per heavy atom. The summed E-state index contributed by atoms with van der Waals surface area (Å²) in [5.74, 6) is 0.0212. The lowest BCUT2D eigenvalue weighted by Crippen LogP contribution is -2.16. The van der Waals surface area contributed by atoms with Crippen molar-refractivity contribution in [3.05, 3.63) is 83.4 Å². The van der Waals surface area contributed by atoms with Crippen molar-refractivity contribution < 1.29 is 17.9 Å². The van der Waals surface area contributed by atoms with Crippen LogP contribution in [0.1, 0.15) is 21.5 Å². The summed E-state index contributed by atoms with van der Waals surface area (Å²) in [6, 6.07) is 18.4. The van der Waals surface area contributed by atoms with Crippen LogP contribution in [0, 0.1) is 13.8 Å². The molecule has 0 unspecified atom stereocenters. The van der Waals surface area contributed by atoms with Gasteiger partial charge in [0.1, 0.15) is 5.75 Å². The van der Waals surface area contributed by atoms with Crippen LogP contribution in [-0.2, 0) is 10.0 Å². The van der Waals surface area contributed by atoms with Gasteiger partial charge >= 0.3 is 0 Å². The number of amides is 1. The lowest BCUT2D eigenvalue weighted by Gasteiger charge is -2.13. The molecule has 3 aromatic carbocycles. The number of benzene rings is 3. The topological polar surface area (TPSA) is 84.5 Å². The maximum Gasteiger partial charge on any atom is 0.262 e. The van der Waals surface area contributed by atoms with E-state index in [1.807, 2.05) is 32.0 Å². The fourth-order valence-electron chi connectivity index (χ4n) is 2.80. The highest BCUT2D eigenvalue weighted by Crippen LogP contribution is 2.26. The number of para-hydroxylation sites is 2. The molecule has 2 N–H and O–H groups in total. The van der Waals surface area contributed by atoms with Crippen molar-refractivity contribution in [3.63, 3.8) is 0 Å². The highest BCUT2D eigenvalue weighted by molar-refractivity contribution is 7.92. The number of hydrogen-bond donors (Lipinski definition) is 2. The SMILES string of the molecule is COc1ccccc1NS(=O)(=O)c1cccc(C(=O)Nc2cc(C)ccc2C)c1. The lowest BCUT2D eigenvalue weighted by atomic mass is 10.1. The fraction of sp³-hybridized carbons (Fsp3) is 0.136. The molecule has 3 rings (SSSR count). The summed E-state index contributed by atoms with van der Waals surface area (Å²) in [6.45, 7) is 3.83. The number of hydrogen-bond acceptors (Lipinski definition) is 4. The normalized spacial score (nSPS) is 11.0. The summed E-state index contributed by atoms with van der Waals surface area (Å²) in [4.78, 5) is 12.7. The van der Waals surface area contributed by atoms with Gasteiger partial charge < -0.3 is 10.1 Å². The van der Waals surface area contributed by atoms with Crippen LogP contribution in [0.3, 0.4) is 0 Å². The number of aryl methyl sites for hydroxylation is 2. The van der Waals surface area contributed by atoms with Crippen molar-refractivity contribution in [2.24, 2.45) is 0 Å². The molecule has 0 fully saturated rings. The average molecular weight is 410 g/mol. The largest absolute Gasteiger partial charge is 0.495 e. The highest BCUT2D eigenvalue weighted by Gasteiger charge is 2.18. The number of sulfonamides is 1. The van der Waals surface area contributed by atoms with Gasteiger partial charge in [-0.2, -0.15) is 0 Å². The van der Waals surface area contributed by atoms with Crippen molar-refractivity contribution in [2.75, 3.05) is 17.1 Å². The van der Waals surface area contributed by atoms with E-state index in [1.165, 1.54) is 25.3 Å². The molecule has 0 aromatic heterocycles. The van der Waals surface area contributed by atoms with Gasteiger partial charge in [-0.25, -0.2) is 8.42 Å². The monoisotopic (exact) mass is 410 g/mol. The molecular formula is C22H22N2O4S. The van der Waals surface area contributed by atoms with E-state index in [4.69, 9.17) is 4.74 Å². The summed E-state index contributed by atoms with van der Waals surface area (Å²) in [7, 11) is -2.44. The first-order valence-corrected chi connectivity index (χ1v) is 10.4. The average Bonchev–Trinajstić information content (AvgIpc) is 2.71. The van der Waals surface area contributed by atoms with E-state index in [9.17, 15) is 13.2 Å². The summed E-state index contributed by atoms with van der Waals surface area (Å²) in [5.41, 5.74) is 3.19. The molecule has 1 amide bonds. The minimum Gasteiger partial charge on any atom is -0.495 e. The molecule has 0 aliphatic heterocycles. The Morgan fingerprint density at radius 2 is 1.66 bits per heavy atom. The summed E-state index contributed by atoms with van der Waals surface area (Å²) in [5, 5.41) is 2.84. The first-order valence-electron chi connectivity index (χ1n) is 8.94. The van der Waals surface area contributed by atoms with Gasteiger partial charge in [-0.3, -0.25) is 9.52 Å². The molecule has 0 heterocycles. The Kier molecular flexibility index (Phi) is 5.89. The first-order chi connectivity index (χ1) is 13.8. The molecular weight excluding hydrogens is 388 g/mol. The number of nitrogens with one attached hydrogen (secondary N) is 2. The van der Waals surface area contributed by atoms with E-state index in [-0.39, 0.29) is 16.4 Å². The zero-order valence-corrected chi connectivity index (χ0v) is 17.2. The molecule has 0 atom stereocenters. The molecule has 0 aliphatic carbocycles. The molecule has 0 saturated carbocycles. The van der Waals surface area contributed by atoms with E-state index in [1.54, 1.807) is 30.3 Å². The second-order valence-electron chi connectivity index (χ2n) is 6.61. The second-order valence-corrected chi connectivity index (χ2v) is 8.29. The Morgan fingerprint density at radius 3 is 2.41 bits per heavy atom. The van der Waals surface area contributed by atoms with Gasteiger partial charge in [-0.15, -0.1) is 0 Å². The first kappa shape index (κ1) is 20.4. The number of carbonyl (C=O) groups is 1. The minimum absolute atomic E-state index is 0.0166. The van der Waals surface area contributed by atoms with E-state index < -0.39 is 10.0 Å². The molecule has 3 aromatic rings. The van der Waals surface area contributed by atoms with Crippen LogP contribution < -0.4 is 14.8 Å². The van der Waals surface area contributed by atoms with E-state index in [2.05, 4.69) is 10.0 Å². The molecule has 6 nitrogen and oxygen atoms in total. The van der Waals surface area contributed by atoms with E-state index in [0.29, 0.717) is 17.1 Å². The van der Waals surface area contributed by atoms with Gasteiger partial charge in [0.05, 0.1) is 17.7 Å². The number of ether oxygens (including phenoxy) is 1. The Bertz CT molecular complexity index is 1160. The smallest absolute Gasteiger partial charge is 0.262 e. The second kappa shape index (κ2) is 8.36. The molecule has 0 spiro atoms. The number of methoxy groups -OCH3 is 1. The molecule has 0 aliphatic rings. The zero-order valence-electron chi connectivity index (χ0n) is 16.4. The third-order valence-corrected chi connectivity index (χ3v) is 5.76. The van der Waals surface area contributed by atoms with Crippen LogP contribution in [0.4, 0.5) is 11.4 Å². The van der Waals surface area contributed by atoms with E-state index in [0.717, 1.165) is 11.1 Å². The van der Waals surface area contributed by atoms with Crippen molar-refractivity contribution in [2.45, 2.75) is 18.7 Å². The van der Waals surface area contributed by atoms with Gasteiger partial charge in [0.25, 0.3) is 15.9 Å². The van der Waals surface area contributed by atoms with Crippen LogP contribution in [0.2, 0.25) is 0 Å². The predicted octanol–water partition coefficient (Wildman–Crippen LogP) is 4.37. The lowest BCUT2D eigenvalue weighted by molar-refractivity contribution is 0.102. The van der Waals surface area contributed by atoms with Crippen LogP contribution in [0.5, 0.6) is 5.75 Å². The molecule has 29 heavy (non-hydrogen) atoms. The molecule has 150 valence electrons. The third-order valence-electron chi connectivity index (χ3n) is 4.40. The summed E-state index contributed by atoms with van der Waals surface area (Å²) < 4.78 is 33.3. The Balaban J connectivity index is 1.86. The predicted molar refractivity (Wildman–Crippen MR) is 114 cm³/mol. The van der Waals surface area contributed by atoms with Gasteiger partial charge in [0.15, 0.2) is 0 Å². The summed E-state index contributed by atoms with van der Waals surface area (Å²) in [6.07, 6.45) is 0. The number of carbonyl (C=O) groups excluding carboxylic acids is 1. The van der Waals surface area contributed by atoms with Gasteiger partial charge in [0.2, 0.25) is 0 Å². The van der Waals surface area contributed by atoms with Crippen molar-refractivity contribution in [3.8, 4) is 5.75 Å². The standard InChI is InChI=1S/C22H22N2O4S/c1-15-11-12-16(2)20(13-15)23-22(25)17-7-6-8-18(14-17)29(26,27)24-19-9-4-5-10-21(19)28-3/h4-14,24H,1-3H3,(H,23,25). The molecule has 7 heteroatoms. The maximum atomic E-state index is 12.8. The van der Waals surface area contributed by atoms with Crippen LogP contribution in [0.25, 0.3) is 0 Å². The van der Waals surface area contributed by atoms with Gasteiger partial charge in [-0.05, 0) is 61.4 Å². The van der Waals surface area contributed by atoms with Crippen LogP contribution in [-0.4, -0.2) is 21.4 Å². The summed E-state index contributed by atoms with van der Waals surface area (Å²) >= 11 is 0. The van der Waals surface area contributed by atoms with Crippen molar-refractivity contribution in [1.29, 1.82) is 0 Å². The van der Waals surface area contributed by atoms with Crippen molar-refractivity contribution in [1.82, 2.24) is 0 Å². The van der Waals surface area contributed by atoms with E-state index >= 15 is 0 Å². The zero-order chi connectivity index (χ0) is 21.0. The fourth-order valence-corrected chi connectivity index (χ4v) is 3.92. The van der Waals surface area contributed by atoms with Crippen molar-refractivity contribution >= 4 is 27.3 Å². The number of anilines is 2.